The van der Waals surface area contributed by atoms with Crippen LogP contribution < -0.4 is 15.8 Å². The average molecular weight is 266 g/mol. The van der Waals surface area contributed by atoms with Crippen molar-refractivity contribution in [2.75, 3.05) is 31.4 Å². The second-order valence-corrected chi connectivity index (χ2v) is 4.39. The highest BCUT2D eigenvalue weighted by Gasteiger charge is 2.25. The lowest BCUT2D eigenvalue weighted by molar-refractivity contribution is -0.161. The highest BCUT2D eigenvalue weighted by atomic mass is 16.6. The van der Waals surface area contributed by atoms with Crippen LogP contribution >= 0.6 is 0 Å². The van der Waals surface area contributed by atoms with Gasteiger partial charge in [-0.2, -0.15) is 0 Å². The van der Waals surface area contributed by atoms with Gasteiger partial charge in [0.1, 0.15) is 18.0 Å². The summed E-state index contributed by atoms with van der Waals surface area (Å²) in [4.78, 5) is 12.0. The zero-order valence-electron chi connectivity index (χ0n) is 11.0. The largest absolute Gasteiger partial charge is 0.494 e. The third kappa shape index (κ3) is 3.36. The number of ether oxygens (including phenoxy) is 3. The number of methoxy groups -OCH3 is 1. The topological polar surface area (TPSA) is 82.8 Å². The molecule has 1 aliphatic rings. The molecule has 1 amide bonds. The lowest BCUT2D eigenvalue weighted by Crippen LogP contribution is -2.41. The Labute approximate surface area is 111 Å². The van der Waals surface area contributed by atoms with Gasteiger partial charge in [-0.15, -0.1) is 0 Å². The fourth-order valence-electron chi connectivity index (χ4n) is 1.69. The molecule has 1 fully saturated rings. The molecule has 6 heteroatoms. The first-order valence-electron chi connectivity index (χ1n) is 6.07. The van der Waals surface area contributed by atoms with E-state index in [2.05, 4.69) is 5.32 Å². The summed E-state index contributed by atoms with van der Waals surface area (Å²) >= 11 is 0. The summed E-state index contributed by atoms with van der Waals surface area (Å²) in [5.41, 5.74) is 6.80. The van der Waals surface area contributed by atoms with Crippen molar-refractivity contribution in [3.8, 4) is 5.75 Å². The number of amides is 1. The molecule has 2 rings (SSSR count). The van der Waals surface area contributed by atoms with Crippen LogP contribution in [-0.2, 0) is 14.3 Å². The number of anilines is 2. The fourth-order valence-corrected chi connectivity index (χ4v) is 1.69. The minimum absolute atomic E-state index is 0.00839. The molecule has 1 aliphatic heterocycles. The first-order valence-corrected chi connectivity index (χ1v) is 6.07. The van der Waals surface area contributed by atoms with E-state index in [-0.39, 0.29) is 12.0 Å². The van der Waals surface area contributed by atoms with E-state index in [0.29, 0.717) is 30.3 Å². The highest BCUT2D eigenvalue weighted by molar-refractivity contribution is 5.95. The maximum Gasteiger partial charge on any atom is 0.253 e. The first kappa shape index (κ1) is 13.6. The van der Waals surface area contributed by atoms with Crippen molar-refractivity contribution < 1.29 is 19.0 Å². The van der Waals surface area contributed by atoms with Crippen LogP contribution in [0.1, 0.15) is 6.92 Å². The maximum atomic E-state index is 12.0. The molecule has 0 radical (unpaired) electrons. The number of carbonyl (C=O) groups excluding carboxylic acids is 1. The van der Waals surface area contributed by atoms with E-state index in [1.165, 1.54) is 7.11 Å². The zero-order chi connectivity index (χ0) is 13.8. The van der Waals surface area contributed by atoms with E-state index in [1.54, 1.807) is 25.1 Å². The van der Waals surface area contributed by atoms with Crippen molar-refractivity contribution in [3.63, 3.8) is 0 Å². The van der Waals surface area contributed by atoms with Crippen molar-refractivity contribution in [1.29, 1.82) is 0 Å². The lowest BCUT2D eigenvalue weighted by atomic mass is 10.2. The second-order valence-electron chi connectivity index (χ2n) is 4.39. The molecule has 0 aliphatic carbocycles. The van der Waals surface area contributed by atoms with Crippen LogP contribution in [0.25, 0.3) is 0 Å². The number of carbonyl (C=O) groups is 1. The Balaban J connectivity index is 1.97. The smallest absolute Gasteiger partial charge is 0.253 e. The molecule has 0 spiro atoms. The van der Waals surface area contributed by atoms with E-state index in [4.69, 9.17) is 19.9 Å². The molecular weight excluding hydrogens is 248 g/mol. The molecule has 0 aromatic heterocycles. The van der Waals surface area contributed by atoms with Gasteiger partial charge in [0.2, 0.25) is 0 Å². The van der Waals surface area contributed by atoms with Gasteiger partial charge in [-0.25, -0.2) is 0 Å². The number of nitrogens with one attached hydrogen (secondary N) is 1. The van der Waals surface area contributed by atoms with Crippen LogP contribution in [0.4, 0.5) is 11.4 Å². The summed E-state index contributed by atoms with van der Waals surface area (Å²) in [5.74, 6) is 0.294. The molecule has 0 saturated carbocycles. The van der Waals surface area contributed by atoms with Crippen LogP contribution in [0.2, 0.25) is 0 Å². The SMILES string of the molecule is COc1cc(N)ccc1NC(=O)C(C)OC1COC1. The van der Waals surface area contributed by atoms with Gasteiger partial charge < -0.3 is 25.3 Å². The minimum Gasteiger partial charge on any atom is -0.494 e. The highest BCUT2D eigenvalue weighted by Crippen LogP contribution is 2.26. The summed E-state index contributed by atoms with van der Waals surface area (Å²) in [6, 6.07) is 5.05. The van der Waals surface area contributed by atoms with Crippen LogP contribution in [-0.4, -0.2) is 38.4 Å². The molecule has 1 unspecified atom stereocenters. The van der Waals surface area contributed by atoms with Gasteiger partial charge in [-0.05, 0) is 19.1 Å². The van der Waals surface area contributed by atoms with E-state index < -0.39 is 6.10 Å². The van der Waals surface area contributed by atoms with Crippen LogP contribution in [0.3, 0.4) is 0 Å². The molecular formula is C13H18N2O4. The zero-order valence-corrected chi connectivity index (χ0v) is 11.0. The van der Waals surface area contributed by atoms with Crippen LogP contribution in [0.15, 0.2) is 18.2 Å². The Kier molecular flexibility index (Phi) is 4.24. The molecule has 1 atom stereocenters. The first-order chi connectivity index (χ1) is 9.10. The lowest BCUT2D eigenvalue weighted by Gasteiger charge is -2.28. The number of rotatable bonds is 5. The Morgan fingerprint density at radius 3 is 2.84 bits per heavy atom. The molecule has 1 aromatic rings. The van der Waals surface area contributed by atoms with Crippen molar-refractivity contribution >= 4 is 17.3 Å². The predicted molar refractivity (Wildman–Crippen MR) is 71.2 cm³/mol. The number of benzene rings is 1. The van der Waals surface area contributed by atoms with Crippen LogP contribution in [0, 0.1) is 0 Å². The Morgan fingerprint density at radius 1 is 1.53 bits per heavy atom. The van der Waals surface area contributed by atoms with Crippen molar-refractivity contribution in [3.05, 3.63) is 18.2 Å². The monoisotopic (exact) mass is 266 g/mol. The van der Waals surface area contributed by atoms with Gasteiger partial charge in [-0.1, -0.05) is 0 Å². The van der Waals surface area contributed by atoms with E-state index >= 15 is 0 Å². The van der Waals surface area contributed by atoms with Crippen LogP contribution in [0.5, 0.6) is 5.75 Å². The fraction of sp³-hybridized carbons (Fsp3) is 0.462. The number of nitrogens with two attached hydrogens (primary N) is 1. The maximum absolute atomic E-state index is 12.0. The van der Waals surface area contributed by atoms with Gasteiger partial charge in [0.15, 0.2) is 0 Å². The molecule has 3 N–H and O–H groups in total. The molecule has 1 saturated heterocycles. The Morgan fingerprint density at radius 2 is 2.26 bits per heavy atom. The minimum atomic E-state index is -0.545. The van der Waals surface area contributed by atoms with E-state index in [9.17, 15) is 4.79 Å². The summed E-state index contributed by atoms with van der Waals surface area (Å²) < 4.78 is 15.7. The number of hydrogen-bond donors (Lipinski definition) is 2. The third-order valence-electron chi connectivity index (χ3n) is 2.86. The molecule has 104 valence electrons. The van der Waals surface area contributed by atoms with Crippen molar-refractivity contribution in [2.24, 2.45) is 0 Å². The quantitative estimate of drug-likeness (QED) is 0.777. The van der Waals surface area contributed by atoms with Gasteiger partial charge in [0.05, 0.1) is 26.0 Å². The van der Waals surface area contributed by atoms with Gasteiger partial charge >= 0.3 is 0 Å². The average Bonchev–Trinajstić information content (AvgIpc) is 2.35. The molecule has 1 heterocycles. The standard InChI is InChI=1S/C13H18N2O4/c1-8(19-10-6-18-7-10)13(16)15-11-4-3-9(14)5-12(11)17-2/h3-5,8,10H,6-7,14H2,1-2H3,(H,15,16). The predicted octanol–water partition coefficient (Wildman–Crippen LogP) is 1.02. The van der Waals surface area contributed by atoms with Crippen molar-refractivity contribution in [2.45, 2.75) is 19.1 Å². The molecule has 1 aromatic carbocycles. The van der Waals surface area contributed by atoms with Gasteiger partial charge in [-0.3, -0.25) is 4.79 Å². The second kappa shape index (κ2) is 5.90. The molecule has 6 nitrogen and oxygen atoms in total. The number of nitrogen functional groups attached to an aromatic ring is 1. The molecule has 0 bridgehead atoms. The van der Waals surface area contributed by atoms with E-state index in [0.717, 1.165) is 0 Å². The summed E-state index contributed by atoms with van der Waals surface area (Å²) in [5, 5.41) is 2.76. The van der Waals surface area contributed by atoms with Crippen molar-refractivity contribution in [1.82, 2.24) is 0 Å². The summed E-state index contributed by atoms with van der Waals surface area (Å²) in [6.07, 6.45) is -0.537. The van der Waals surface area contributed by atoms with Gasteiger partial charge in [0.25, 0.3) is 5.91 Å². The summed E-state index contributed by atoms with van der Waals surface area (Å²) in [6.45, 7) is 2.79. The Hall–Kier alpha value is -1.79. The van der Waals surface area contributed by atoms with E-state index in [1.807, 2.05) is 0 Å². The number of hydrogen-bond acceptors (Lipinski definition) is 5. The summed E-state index contributed by atoms with van der Waals surface area (Å²) in [7, 11) is 1.52. The third-order valence-corrected chi connectivity index (χ3v) is 2.86. The normalized spacial score (nSPS) is 16.5. The van der Waals surface area contributed by atoms with Gasteiger partial charge in [0, 0.05) is 11.8 Å². The molecule has 19 heavy (non-hydrogen) atoms. The Bertz CT molecular complexity index is 460.